The Morgan fingerprint density at radius 2 is 2.06 bits per heavy atom. The van der Waals surface area contributed by atoms with Crippen molar-refractivity contribution in [3.05, 3.63) is 52.0 Å². The number of rotatable bonds is 2. The molecule has 2 nitrogen and oxygen atoms in total. The molecule has 1 heterocycles. The summed E-state index contributed by atoms with van der Waals surface area (Å²) < 4.78 is 13.8. The maximum absolute atomic E-state index is 12.9. The number of hydrogen-bond donors (Lipinski definition) is 1. The van der Waals surface area contributed by atoms with Crippen molar-refractivity contribution in [3.63, 3.8) is 0 Å². The van der Waals surface area contributed by atoms with Gasteiger partial charge in [0.15, 0.2) is 0 Å². The van der Waals surface area contributed by atoms with Crippen molar-refractivity contribution in [2.45, 2.75) is 0 Å². The van der Waals surface area contributed by atoms with E-state index >= 15 is 0 Å². The monoisotopic (exact) mass is 300 g/mol. The van der Waals surface area contributed by atoms with Gasteiger partial charge < -0.3 is 5.32 Å². The molecule has 0 bridgehead atoms. The Bertz CT molecular complexity index is 519. The first kappa shape index (κ1) is 11.4. The maximum Gasteiger partial charge on any atom is 0.214 e. The van der Waals surface area contributed by atoms with Gasteiger partial charge >= 0.3 is 0 Å². The molecular weight excluding hydrogens is 294 g/mol. The summed E-state index contributed by atoms with van der Waals surface area (Å²) in [7, 11) is 0. The number of anilines is 2. The molecule has 0 spiro atoms. The second kappa shape index (κ2) is 4.80. The van der Waals surface area contributed by atoms with Crippen molar-refractivity contribution in [2.75, 3.05) is 5.32 Å². The standard InChI is InChI=1S/C11H7BrClFN2/c12-7-1-2-9(13)10(5-7)16-8-3-4-15-11(14)6-8/h1-6H,(H,15,16). The van der Waals surface area contributed by atoms with E-state index in [0.29, 0.717) is 16.4 Å². The Morgan fingerprint density at radius 1 is 1.25 bits per heavy atom. The van der Waals surface area contributed by atoms with Gasteiger partial charge in [0.1, 0.15) is 0 Å². The summed E-state index contributed by atoms with van der Waals surface area (Å²) in [5.41, 5.74) is 1.31. The van der Waals surface area contributed by atoms with Gasteiger partial charge in [0.2, 0.25) is 5.95 Å². The number of halogens is 3. The Labute approximate surface area is 106 Å². The van der Waals surface area contributed by atoms with Crippen LogP contribution in [0.5, 0.6) is 0 Å². The van der Waals surface area contributed by atoms with Crippen LogP contribution in [0.2, 0.25) is 5.02 Å². The highest BCUT2D eigenvalue weighted by Crippen LogP contribution is 2.28. The van der Waals surface area contributed by atoms with Gasteiger partial charge in [-0.25, -0.2) is 4.98 Å². The van der Waals surface area contributed by atoms with Gasteiger partial charge in [0, 0.05) is 22.4 Å². The van der Waals surface area contributed by atoms with E-state index in [9.17, 15) is 4.39 Å². The molecule has 5 heteroatoms. The molecule has 2 rings (SSSR count). The number of nitrogens with one attached hydrogen (secondary N) is 1. The first-order valence-electron chi connectivity index (χ1n) is 4.49. The average molecular weight is 302 g/mol. The molecule has 0 aliphatic heterocycles. The summed E-state index contributed by atoms with van der Waals surface area (Å²) in [6.07, 6.45) is 1.39. The summed E-state index contributed by atoms with van der Waals surface area (Å²) >= 11 is 9.33. The van der Waals surface area contributed by atoms with Crippen LogP contribution in [0.25, 0.3) is 0 Å². The molecule has 0 atom stereocenters. The molecular formula is C11H7BrClFN2. The predicted molar refractivity (Wildman–Crippen MR) is 66.6 cm³/mol. The first-order valence-corrected chi connectivity index (χ1v) is 5.66. The number of aromatic nitrogens is 1. The van der Waals surface area contributed by atoms with Gasteiger partial charge in [-0.1, -0.05) is 27.5 Å². The van der Waals surface area contributed by atoms with E-state index in [-0.39, 0.29) is 0 Å². The molecule has 0 aliphatic rings. The maximum atomic E-state index is 12.9. The molecule has 1 N–H and O–H groups in total. The van der Waals surface area contributed by atoms with Crippen LogP contribution in [0.1, 0.15) is 0 Å². The lowest BCUT2D eigenvalue weighted by Gasteiger charge is -2.08. The van der Waals surface area contributed by atoms with Gasteiger partial charge in [-0.3, -0.25) is 0 Å². The second-order valence-corrected chi connectivity index (χ2v) is 4.44. The van der Waals surface area contributed by atoms with Crippen molar-refractivity contribution >= 4 is 38.9 Å². The summed E-state index contributed by atoms with van der Waals surface area (Å²) in [4.78, 5) is 3.47. The van der Waals surface area contributed by atoms with Gasteiger partial charge in [-0.2, -0.15) is 4.39 Å². The van der Waals surface area contributed by atoms with Crippen LogP contribution in [-0.2, 0) is 0 Å². The normalized spacial score (nSPS) is 10.2. The SMILES string of the molecule is Fc1cc(Nc2cc(Br)ccc2Cl)ccn1. The summed E-state index contributed by atoms with van der Waals surface area (Å²) in [6.45, 7) is 0. The third-order valence-electron chi connectivity index (χ3n) is 1.93. The lowest BCUT2D eigenvalue weighted by Crippen LogP contribution is -1.93. The fourth-order valence-electron chi connectivity index (χ4n) is 1.23. The number of nitrogens with zero attached hydrogens (tertiary/aromatic N) is 1. The molecule has 1 aromatic carbocycles. The molecule has 0 fully saturated rings. The fourth-order valence-corrected chi connectivity index (χ4v) is 1.75. The van der Waals surface area contributed by atoms with E-state index in [4.69, 9.17) is 11.6 Å². The zero-order valence-corrected chi connectivity index (χ0v) is 10.4. The highest BCUT2D eigenvalue weighted by atomic mass is 79.9. The molecule has 0 amide bonds. The van der Waals surface area contributed by atoms with E-state index < -0.39 is 5.95 Å². The first-order chi connectivity index (χ1) is 7.65. The van der Waals surface area contributed by atoms with Gasteiger partial charge in [0.25, 0.3) is 0 Å². The molecule has 1 aromatic heterocycles. The van der Waals surface area contributed by atoms with Crippen molar-refractivity contribution in [1.29, 1.82) is 0 Å². The minimum Gasteiger partial charge on any atom is -0.354 e. The van der Waals surface area contributed by atoms with Crippen LogP contribution in [-0.4, -0.2) is 4.98 Å². The quantitative estimate of drug-likeness (QED) is 0.833. The Balaban J connectivity index is 2.30. The van der Waals surface area contributed by atoms with Gasteiger partial charge in [-0.05, 0) is 24.3 Å². The van der Waals surface area contributed by atoms with E-state index in [2.05, 4.69) is 26.2 Å². The topological polar surface area (TPSA) is 24.9 Å². The zero-order valence-electron chi connectivity index (χ0n) is 8.05. The van der Waals surface area contributed by atoms with E-state index in [0.717, 1.165) is 4.47 Å². The summed E-state index contributed by atoms with van der Waals surface area (Å²) in [5.74, 6) is -0.531. The van der Waals surface area contributed by atoms with Crippen molar-refractivity contribution in [3.8, 4) is 0 Å². The third-order valence-corrected chi connectivity index (χ3v) is 2.76. The van der Waals surface area contributed by atoms with Crippen LogP contribution < -0.4 is 5.32 Å². The van der Waals surface area contributed by atoms with E-state index in [1.165, 1.54) is 12.3 Å². The number of hydrogen-bond acceptors (Lipinski definition) is 2. The highest BCUT2D eigenvalue weighted by molar-refractivity contribution is 9.10. The predicted octanol–water partition coefficient (Wildman–Crippen LogP) is 4.38. The van der Waals surface area contributed by atoms with E-state index in [1.54, 1.807) is 12.1 Å². The molecule has 0 unspecified atom stereocenters. The summed E-state index contributed by atoms with van der Waals surface area (Å²) in [6, 6.07) is 8.38. The molecule has 16 heavy (non-hydrogen) atoms. The average Bonchev–Trinajstić information content (AvgIpc) is 2.24. The van der Waals surface area contributed by atoms with Gasteiger partial charge in [-0.15, -0.1) is 0 Å². The number of benzene rings is 1. The smallest absolute Gasteiger partial charge is 0.214 e. The Kier molecular flexibility index (Phi) is 3.41. The van der Waals surface area contributed by atoms with Gasteiger partial charge in [0.05, 0.1) is 10.7 Å². The fraction of sp³-hybridized carbons (Fsp3) is 0. The minimum atomic E-state index is -0.531. The second-order valence-electron chi connectivity index (χ2n) is 3.12. The largest absolute Gasteiger partial charge is 0.354 e. The zero-order chi connectivity index (χ0) is 11.5. The lowest BCUT2D eigenvalue weighted by atomic mass is 10.3. The van der Waals surface area contributed by atoms with Crippen molar-refractivity contribution in [1.82, 2.24) is 4.98 Å². The molecule has 0 aliphatic carbocycles. The van der Waals surface area contributed by atoms with Crippen LogP contribution >= 0.6 is 27.5 Å². The molecule has 2 aromatic rings. The third kappa shape index (κ3) is 2.71. The molecule has 0 saturated heterocycles. The van der Waals surface area contributed by atoms with Crippen LogP contribution in [0.3, 0.4) is 0 Å². The molecule has 0 saturated carbocycles. The Hall–Kier alpha value is -1.13. The Morgan fingerprint density at radius 3 is 2.81 bits per heavy atom. The highest BCUT2D eigenvalue weighted by Gasteiger charge is 2.02. The molecule has 0 radical (unpaired) electrons. The minimum absolute atomic E-state index is 0.531. The van der Waals surface area contributed by atoms with Crippen molar-refractivity contribution in [2.24, 2.45) is 0 Å². The van der Waals surface area contributed by atoms with Crippen LogP contribution in [0, 0.1) is 5.95 Å². The lowest BCUT2D eigenvalue weighted by molar-refractivity contribution is 0.584. The van der Waals surface area contributed by atoms with Crippen LogP contribution in [0.15, 0.2) is 41.0 Å². The number of pyridine rings is 1. The molecule has 82 valence electrons. The van der Waals surface area contributed by atoms with Crippen molar-refractivity contribution < 1.29 is 4.39 Å². The summed E-state index contributed by atoms with van der Waals surface area (Å²) in [5, 5.41) is 3.58. The van der Waals surface area contributed by atoms with E-state index in [1.807, 2.05) is 12.1 Å². The van der Waals surface area contributed by atoms with Crippen LogP contribution in [0.4, 0.5) is 15.8 Å².